The number of hydrogen-bond donors (Lipinski definition) is 1. The maximum Gasteiger partial charge on any atom is 0.0591 e. The molecule has 1 nitrogen and oxygen atoms in total. The van der Waals surface area contributed by atoms with E-state index in [0.29, 0.717) is 11.8 Å². The molecule has 0 radical (unpaired) electrons. The summed E-state index contributed by atoms with van der Waals surface area (Å²) in [6.07, 6.45) is 19.3. The van der Waals surface area contributed by atoms with Gasteiger partial charge in [0.2, 0.25) is 0 Å². The summed E-state index contributed by atoms with van der Waals surface area (Å²) in [5.41, 5.74) is 0. The topological polar surface area (TPSA) is 20.2 Å². The number of aliphatic hydroxyl groups is 1. The van der Waals surface area contributed by atoms with Gasteiger partial charge in [0.1, 0.15) is 0 Å². The second kappa shape index (κ2) is 13.5. The molecule has 2 fully saturated rings. The Morgan fingerprint density at radius 2 is 1.37 bits per heavy atom. The molecule has 2 aliphatic rings. The van der Waals surface area contributed by atoms with Crippen LogP contribution in [-0.2, 0) is 0 Å². The van der Waals surface area contributed by atoms with Crippen molar-refractivity contribution in [1.82, 2.24) is 0 Å². The predicted octanol–water partition coefficient (Wildman–Crippen LogP) is 8.88. The molecule has 2 rings (SSSR count). The highest BCUT2D eigenvalue weighted by molar-refractivity contribution is 4.80. The second-order valence-corrected chi connectivity index (χ2v) is 12.1. The van der Waals surface area contributed by atoms with Crippen LogP contribution in [0.2, 0.25) is 0 Å². The molecule has 0 aromatic heterocycles. The first-order valence-electron chi connectivity index (χ1n) is 14.0. The lowest BCUT2D eigenvalue weighted by Crippen LogP contribution is -2.29. The van der Waals surface area contributed by atoms with E-state index in [1.807, 2.05) is 0 Å². The highest BCUT2D eigenvalue weighted by atomic mass is 16.3. The molecule has 0 spiro atoms. The minimum atomic E-state index is -0.112. The third-order valence-electron chi connectivity index (χ3n) is 9.49. The van der Waals surface area contributed by atoms with Crippen molar-refractivity contribution in [3.8, 4) is 0 Å². The van der Waals surface area contributed by atoms with Gasteiger partial charge in [-0.25, -0.2) is 0 Å². The maximum absolute atomic E-state index is 11.0. The van der Waals surface area contributed by atoms with Crippen LogP contribution in [0.15, 0.2) is 0 Å². The highest BCUT2D eigenvalue weighted by Crippen LogP contribution is 2.38. The van der Waals surface area contributed by atoms with Gasteiger partial charge in [-0.05, 0) is 79.4 Å². The van der Waals surface area contributed by atoms with Gasteiger partial charge in [-0.15, -0.1) is 0 Å². The normalized spacial score (nSPS) is 32.9. The monoisotopic (exact) mass is 420 g/mol. The molecule has 0 aliphatic heterocycles. The average Bonchev–Trinajstić information content (AvgIpc) is 2.74. The van der Waals surface area contributed by atoms with E-state index in [1.54, 1.807) is 0 Å². The van der Waals surface area contributed by atoms with Gasteiger partial charge in [-0.2, -0.15) is 0 Å². The van der Waals surface area contributed by atoms with Gasteiger partial charge in [-0.3, -0.25) is 0 Å². The van der Waals surface area contributed by atoms with Crippen molar-refractivity contribution in [3.63, 3.8) is 0 Å². The van der Waals surface area contributed by atoms with Crippen LogP contribution in [0.1, 0.15) is 131 Å². The summed E-state index contributed by atoms with van der Waals surface area (Å²) in [5, 5.41) is 11.0. The van der Waals surface area contributed by atoms with Crippen LogP contribution in [0, 0.1) is 47.3 Å². The molecule has 0 aromatic rings. The summed E-state index contributed by atoms with van der Waals surface area (Å²) in [5.74, 6) is 6.36. The molecule has 0 bridgehead atoms. The first kappa shape index (κ1) is 26.2. The van der Waals surface area contributed by atoms with Crippen molar-refractivity contribution in [1.29, 1.82) is 0 Å². The number of hydrogen-bond acceptors (Lipinski definition) is 1. The maximum atomic E-state index is 11.0. The van der Waals surface area contributed by atoms with E-state index in [9.17, 15) is 5.11 Å². The van der Waals surface area contributed by atoms with Crippen molar-refractivity contribution in [2.45, 2.75) is 138 Å². The lowest BCUT2D eigenvalue weighted by atomic mass is 9.73. The molecular weight excluding hydrogens is 364 g/mol. The molecule has 30 heavy (non-hydrogen) atoms. The van der Waals surface area contributed by atoms with E-state index in [2.05, 4.69) is 41.5 Å². The highest BCUT2D eigenvalue weighted by Gasteiger charge is 2.28. The lowest BCUT2D eigenvalue weighted by molar-refractivity contribution is 0.0411. The minimum Gasteiger partial charge on any atom is -0.393 e. The third kappa shape index (κ3) is 8.48. The molecule has 1 heteroatoms. The van der Waals surface area contributed by atoms with Gasteiger partial charge in [0.05, 0.1) is 6.10 Å². The minimum absolute atomic E-state index is 0.112. The Labute approximate surface area is 190 Å². The Balaban J connectivity index is 1.71. The van der Waals surface area contributed by atoms with Crippen LogP contribution in [-0.4, -0.2) is 11.2 Å². The van der Waals surface area contributed by atoms with Crippen LogP contribution in [0.25, 0.3) is 0 Å². The molecule has 0 saturated heterocycles. The molecule has 2 saturated carbocycles. The second-order valence-electron chi connectivity index (χ2n) is 12.1. The molecule has 178 valence electrons. The summed E-state index contributed by atoms with van der Waals surface area (Å²) in [6.45, 7) is 14.3. The fourth-order valence-electron chi connectivity index (χ4n) is 7.13. The molecular formula is C29H56O. The van der Waals surface area contributed by atoms with E-state index in [-0.39, 0.29) is 6.10 Å². The molecule has 0 amide bonds. The van der Waals surface area contributed by atoms with Gasteiger partial charge in [0.25, 0.3) is 0 Å². The van der Waals surface area contributed by atoms with Crippen LogP contribution < -0.4 is 0 Å². The fourth-order valence-corrected chi connectivity index (χ4v) is 7.13. The third-order valence-corrected chi connectivity index (χ3v) is 9.49. The van der Waals surface area contributed by atoms with Crippen LogP contribution in [0.3, 0.4) is 0 Å². The summed E-state index contributed by atoms with van der Waals surface area (Å²) < 4.78 is 0. The molecule has 0 aromatic carbocycles. The summed E-state index contributed by atoms with van der Waals surface area (Å²) in [6, 6.07) is 0. The van der Waals surface area contributed by atoms with Crippen molar-refractivity contribution < 1.29 is 5.11 Å². The van der Waals surface area contributed by atoms with E-state index in [1.165, 1.54) is 89.9 Å². The summed E-state index contributed by atoms with van der Waals surface area (Å²) in [4.78, 5) is 0. The molecule has 0 heterocycles. The van der Waals surface area contributed by atoms with E-state index >= 15 is 0 Å². The van der Waals surface area contributed by atoms with E-state index in [0.717, 1.165) is 35.5 Å². The molecule has 2 aliphatic carbocycles. The van der Waals surface area contributed by atoms with Crippen LogP contribution >= 0.6 is 0 Å². The predicted molar refractivity (Wildman–Crippen MR) is 133 cm³/mol. The zero-order valence-corrected chi connectivity index (χ0v) is 21.5. The van der Waals surface area contributed by atoms with Gasteiger partial charge in [0, 0.05) is 0 Å². The summed E-state index contributed by atoms with van der Waals surface area (Å²) >= 11 is 0. The largest absolute Gasteiger partial charge is 0.393 e. The van der Waals surface area contributed by atoms with Gasteiger partial charge in [0.15, 0.2) is 0 Å². The van der Waals surface area contributed by atoms with Crippen molar-refractivity contribution in [2.24, 2.45) is 47.3 Å². The summed E-state index contributed by atoms with van der Waals surface area (Å²) in [7, 11) is 0. The van der Waals surface area contributed by atoms with E-state index in [4.69, 9.17) is 0 Å². The Morgan fingerprint density at radius 1 is 0.733 bits per heavy atom. The zero-order valence-electron chi connectivity index (χ0n) is 21.5. The Morgan fingerprint density at radius 3 is 1.97 bits per heavy atom. The lowest BCUT2D eigenvalue weighted by Gasteiger charge is -2.34. The quantitative estimate of drug-likeness (QED) is 0.334. The average molecular weight is 421 g/mol. The molecule has 7 atom stereocenters. The zero-order chi connectivity index (χ0) is 22.1. The fraction of sp³-hybridized carbons (Fsp3) is 1.00. The number of rotatable bonds is 12. The van der Waals surface area contributed by atoms with Crippen molar-refractivity contribution in [3.05, 3.63) is 0 Å². The first-order valence-corrected chi connectivity index (χ1v) is 14.0. The standard InChI is InChI=1S/C29H56O/c1-7-25-13-15-26(16-14-25)19-23(5)28(8-2)17-12-22(4)29(30)24(6)20-27-11-9-10-21(3)18-27/h21-30H,7-20H2,1-6H3/t21?,22?,23?,24?,25?,26?,27-,28+,29?/m1/s1. The van der Waals surface area contributed by atoms with Gasteiger partial charge in [-0.1, -0.05) is 99.3 Å². The van der Waals surface area contributed by atoms with Gasteiger partial charge < -0.3 is 5.11 Å². The Kier molecular flexibility index (Phi) is 11.8. The number of aliphatic hydroxyl groups excluding tert-OH is 1. The smallest absolute Gasteiger partial charge is 0.0591 e. The Bertz CT molecular complexity index is 438. The van der Waals surface area contributed by atoms with Crippen molar-refractivity contribution in [2.75, 3.05) is 0 Å². The first-order chi connectivity index (χ1) is 14.3. The van der Waals surface area contributed by atoms with Crippen LogP contribution in [0.5, 0.6) is 0 Å². The molecule has 5 unspecified atom stereocenters. The van der Waals surface area contributed by atoms with Gasteiger partial charge >= 0.3 is 0 Å². The molecule has 1 N–H and O–H groups in total. The van der Waals surface area contributed by atoms with E-state index < -0.39 is 0 Å². The van der Waals surface area contributed by atoms with Crippen LogP contribution in [0.4, 0.5) is 0 Å². The van der Waals surface area contributed by atoms with Crippen molar-refractivity contribution >= 4 is 0 Å². The Hall–Kier alpha value is -0.0400. The SMILES string of the molecule is CCC1CCC(CC(C)[C@@H](CC)CCC(C)C(O)C(C)C[C@@H]2CCCC(C)C2)CC1.